The maximum absolute atomic E-state index is 12.4. The van der Waals surface area contributed by atoms with E-state index in [1.165, 1.54) is 16.9 Å². The Hall–Kier alpha value is -2.41. The molecule has 0 atom stereocenters. The Morgan fingerprint density at radius 2 is 2.00 bits per heavy atom. The maximum atomic E-state index is 12.4. The second-order valence-electron chi connectivity index (χ2n) is 8.48. The van der Waals surface area contributed by atoms with Crippen LogP contribution >= 0.6 is 11.3 Å². The van der Waals surface area contributed by atoms with Gasteiger partial charge in [-0.1, -0.05) is 29.8 Å². The third-order valence-corrected chi connectivity index (χ3v) is 5.79. The fourth-order valence-corrected chi connectivity index (χ4v) is 4.28. The molecule has 3 rings (SSSR count). The van der Waals surface area contributed by atoms with Crippen molar-refractivity contribution in [2.45, 2.75) is 58.6 Å². The van der Waals surface area contributed by atoms with Gasteiger partial charge in [-0.2, -0.15) is 0 Å². The van der Waals surface area contributed by atoms with Gasteiger partial charge in [-0.25, -0.2) is 9.78 Å². The molecule has 2 amide bonds. The van der Waals surface area contributed by atoms with Crippen LogP contribution in [-0.4, -0.2) is 40.6 Å². The van der Waals surface area contributed by atoms with Crippen molar-refractivity contribution in [3.05, 3.63) is 51.5 Å². The van der Waals surface area contributed by atoms with Crippen LogP contribution in [0.15, 0.2) is 29.6 Å². The number of carbonyl (C=O) groups is 2. The first kappa shape index (κ1) is 21.3. The van der Waals surface area contributed by atoms with Crippen LogP contribution in [0.1, 0.15) is 66.2 Å². The minimum Gasteiger partial charge on any atom is -0.444 e. The molecule has 0 bridgehead atoms. The van der Waals surface area contributed by atoms with E-state index in [1.54, 1.807) is 4.90 Å². The van der Waals surface area contributed by atoms with Crippen molar-refractivity contribution in [3.8, 4) is 0 Å². The van der Waals surface area contributed by atoms with Gasteiger partial charge in [0.2, 0.25) is 0 Å². The van der Waals surface area contributed by atoms with Crippen LogP contribution in [0.3, 0.4) is 0 Å². The van der Waals surface area contributed by atoms with Gasteiger partial charge in [-0.05, 0) is 46.1 Å². The lowest BCUT2D eigenvalue weighted by Gasteiger charge is -2.32. The summed E-state index contributed by atoms with van der Waals surface area (Å²) in [7, 11) is 0. The van der Waals surface area contributed by atoms with Gasteiger partial charge >= 0.3 is 6.09 Å². The molecule has 2 heterocycles. The molecule has 0 unspecified atom stereocenters. The number of hydrogen-bond donors (Lipinski definition) is 1. The van der Waals surface area contributed by atoms with Crippen LogP contribution in [0, 0.1) is 6.92 Å². The number of thiazole rings is 1. The number of hydrogen-bond acceptors (Lipinski definition) is 5. The van der Waals surface area contributed by atoms with Crippen molar-refractivity contribution in [3.63, 3.8) is 0 Å². The molecule has 0 radical (unpaired) electrons. The largest absolute Gasteiger partial charge is 0.444 e. The Kier molecular flexibility index (Phi) is 6.57. The number of nitrogens with zero attached hydrogens (tertiary/aromatic N) is 2. The number of aromatic nitrogens is 1. The maximum Gasteiger partial charge on any atom is 0.410 e. The van der Waals surface area contributed by atoms with E-state index in [2.05, 4.69) is 16.4 Å². The molecule has 156 valence electrons. The Labute approximate surface area is 176 Å². The number of nitrogens with one attached hydrogen (secondary N) is 1. The third kappa shape index (κ3) is 6.03. The fourth-order valence-electron chi connectivity index (χ4n) is 3.31. The molecule has 7 heteroatoms. The van der Waals surface area contributed by atoms with E-state index in [1.807, 2.05) is 51.3 Å². The Balaban J connectivity index is 1.51. The standard InChI is InChI=1S/C22H29N3O3S/c1-15-6-5-7-16(12-15)13-23-19(26)18-14-29-20(24-18)17-8-10-25(11-9-17)21(27)28-22(2,3)4/h5-7,12,14,17H,8-11,13H2,1-4H3,(H,23,26). The van der Waals surface area contributed by atoms with Crippen molar-refractivity contribution in [1.82, 2.24) is 15.2 Å². The first-order valence-corrected chi connectivity index (χ1v) is 10.9. The van der Waals surface area contributed by atoms with E-state index in [0.717, 1.165) is 23.4 Å². The molecule has 29 heavy (non-hydrogen) atoms. The molecular formula is C22H29N3O3S. The van der Waals surface area contributed by atoms with Gasteiger partial charge in [0.25, 0.3) is 5.91 Å². The van der Waals surface area contributed by atoms with E-state index in [0.29, 0.717) is 25.3 Å². The monoisotopic (exact) mass is 415 g/mol. The topological polar surface area (TPSA) is 71.5 Å². The predicted octanol–water partition coefficient (Wildman–Crippen LogP) is 4.50. The zero-order chi connectivity index (χ0) is 21.0. The molecule has 1 N–H and O–H groups in total. The second-order valence-corrected chi connectivity index (χ2v) is 9.37. The van der Waals surface area contributed by atoms with E-state index in [-0.39, 0.29) is 17.9 Å². The molecule has 1 aliphatic rings. The summed E-state index contributed by atoms with van der Waals surface area (Å²) in [6.45, 7) is 9.44. The highest BCUT2D eigenvalue weighted by Gasteiger charge is 2.29. The average molecular weight is 416 g/mol. The summed E-state index contributed by atoms with van der Waals surface area (Å²) in [6.07, 6.45) is 1.40. The van der Waals surface area contributed by atoms with Crippen LogP contribution in [0.5, 0.6) is 0 Å². The lowest BCUT2D eigenvalue weighted by molar-refractivity contribution is 0.0205. The zero-order valence-corrected chi connectivity index (χ0v) is 18.3. The molecule has 2 aromatic rings. The van der Waals surface area contributed by atoms with E-state index in [9.17, 15) is 9.59 Å². The Bertz CT molecular complexity index is 864. The van der Waals surface area contributed by atoms with Crippen molar-refractivity contribution in [2.75, 3.05) is 13.1 Å². The highest BCUT2D eigenvalue weighted by molar-refractivity contribution is 7.09. The molecular weight excluding hydrogens is 386 g/mol. The van der Waals surface area contributed by atoms with Crippen LogP contribution in [0.2, 0.25) is 0 Å². The van der Waals surface area contributed by atoms with Crippen molar-refractivity contribution in [2.24, 2.45) is 0 Å². The van der Waals surface area contributed by atoms with Crippen LogP contribution in [0.25, 0.3) is 0 Å². The highest BCUT2D eigenvalue weighted by Crippen LogP contribution is 2.31. The van der Waals surface area contributed by atoms with E-state index >= 15 is 0 Å². The first-order chi connectivity index (χ1) is 13.7. The molecule has 6 nitrogen and oxygen atoms in total. The molecule has 1 aromatic heterocycles. The number of benzene rings is 1. The summed E-state index contributed by atoms with van der Waals surface area (Å²) in [5, 5.41) is 5.73. The van der Waals surface area contributed by atoms with Crippen molar-refractivity contribution >= 4 is 23.3 Å². The van der Waals surface area contributed by atoms with E-state index < -0.39 is 5.60 Å². The molecule has 0 saturated carbocycles. The second kappa shape index (κ2) is 8.95. The van der Waals surface area contributed by atoms with Crippen molar-refractivity contribution < 1.29 is 14.3 Å². The lowest BCUT2D eigenvalue weighted by atomic mass is 9.98. The number of aryl methyl sites for hydroxylation is 1. The SMILES string of the molecule is Cc1cccc(CNC(=O)c2csc(C3CCN(C(=O)OC(C)(C)C)CC3)n2)c1. The summed E-state index contributed by atoms with van der Waals surface area (Å²) in [4.78, 5) is 31.0. The normalized spacial score (nSPS) is 15.2. The van der Waals surface area contributed by atoms with Crippen LogP contribution < -0.4 is 5.32 Å². The van der Waals surface area contributed by atoms with Gasteiger partial charge in [0, 0.05) is 30.9 Å². The minimum atomic E-state index is -0.482. The van der Waals surface area contributed by atoms with Gasteiger partial charge in [0.05, 0.1) is 5.01 Å². The molecule has 1 aromatic carbocycles. The van der Waals surface area contributed by atoms with Crippen LogP contribution in [-0.2, 0) is 11.3 Å². The fraction of sp³-hybridized carbons (Fsp3) is 0.500. The van der Waals surface area contributed by atoms with E-state index in [4.69, 9.17) is 4.74 Å². The van der Waals surface area contributed by atoms with Gasteiger partial charge in [0.1, 0.15) is 11.3 Å². The minimum absolute atomic E-state index is 0.153. The van der Waals surface area contributed by atoms with Gasteiger partial charge in [-0.3, -0.25) is 4.79 Å². The molecule has 0 spiro atoms. The smallest absolute Gasteiger partial charge is 0.410 e. The number of likely N-dealkylation sites (tertiary alicyclic amines) is 1. The predicted molar refractivity (Wildman–Crippen MR) is 114 cm³/mol. The van der Waals surface area contributed by atoms with Gasteiger partial charge in [0.15, 0.2) is 0 Å². The zero-order valence-electron chi connectivity index (χ0n) is 17.5. The van der Waals surface area contributed by atoms with Crippen LogP contribution in [0.4, 0.5) is 4.79 Å². The highest BCUT2D eigenvalue weighted by atomic mass is 32.1. The number of carbonyl (C=O) groups excluding carboxylic acids is 2. The number of ether oxygens (including phenoxy) is 1. The summed E-state index contributed by atoms with van der Waals surface area (Å²) in [6, 6.07) is 8.08. The summed E-state index contributed by atoms with van der Waals surface area (Å²) < 4.78 is 5.45. The van der Waals surface area contributed by atoms with Crippen molar-refractivity contribution in [1.29, 1.82) is 0 Å². The number of rotatable bonds is 4. The summed E-state index contributed by atoms with van der Waals surface area (Å²) in [5.41, 5.74) is 2.23. The third-order valence-electron chi connectivity index (χ3n) is 4.79. The summed E-state index contributed by atoms with van der Waals surface area (Å²) >= 11 is 1.52. The lowest BCUT2D eigenvalue weighted by Crippen LogP contribution is -2.41. The molecule has 1 aliphatic heterocycles. The number of amides is 2. The average Bonchev–Trinajstić information content (AvgIpc) is 3.15. The molecule has 0 aliphatic carbocycles. The number of piperidine rings is 1. The quantitative estimate of drug-likeness (QED) is 0.798. The molecule has 1 fully saturated rings. The first-order valence-electron chi connectivity index (χ1n) is 9.98. The van der Waals surface area contributed by atoms with Gasteiger partial charge in [-0.15, -0.1) is 11.3 Å². The Morgan fingerprint density at radius 3 is 2.66 bits per heavy atom. The Morgan fingerprint density at radius 1 is 1.28 bits per heavy atom. The van der Waals surface area contributed by atoms with Gasteiger partial charge < -0.3 is 15.0 Å². The summed E-state index contributed by atoms with van der Waals surface area (Å²) in [5.74, 6) is 0.122. The molecule has 1 saturated heterocycles.